The first-order valence-electron chi connectivity index (χ1n) is 6.44. The van der Waals surface area contributed by atoms with Crippen LogP contribution in [-0.4, -0.2) is 42.7 Å². The highest BCUT2D eigenvalue weighted by Crippen LogP contribution is 2.34. The maximum atomic E-state index is 5.95. The van der Waals surface area contributed by atoms with Crippen LogP contribution in [0.2, 0.25) is 0 Å². The van der Waals surface area contributed by atoms with Crippen molar-refractivity contribution in [3.8, 4) is 0 Å². The molecule has 3 N–H and O–H groups in total. The maximum Gasteiger partial charge on any atom is 0.0335 e. The predicted molar refractivity (Wildman–Crippen MR) is 78.4 cm³/mol. The Hall–Kier alpha value is 0.460. The molecule has 2 rings (SSSR count). The third kappa shape index (κ3) is 4.25. The van der Waals surface area contributed by atoms with E-state index in [4.69, 9.17) is 5.73 Å². The predicted octanol–water partition coefficient (Wildman–Crippen LogP) is 1.79. The molecular formula is C12H27Cl2N3. The van der Waals surface area contributed by atoms with Crippen molar-refractivity contribution in [2.45, 2.75) is 50.6 Å². The van der Waals surface area contributed by atoms with E-state index >= 15 is 0 Å². The molecule has 5 heteroatoms. The first kappa shape index (κ1) is 17.5. The fraction of sp³-hybridized carbons (Fsp3) is 1.00. The van der Waals surface area contributed by atoms with E-state index in [0.29, 0.717) is 11.6 Å². The van der Waals surface area contributed by atoms with Crippen LogP contribution in [-0.2, 0) is 0 Å². The van der Waals surface area contributed by atoms with Crippen molar-refractivity contribution in [2.75, 3.05) is 26.2 Å². The van der Waals surface area contributed by atoms with Gasteiger partial charge in [-0.25, -0.2) is 0 Å². The summed E-state index contributed by atoms with van der Waals surface area (Å²) in [6.45, 7) is 6.69. The lowest BCUT2D eigenvalue weighted by molar-refractivity contribution is 0.0244. The van der Waals surface area contributed by atoms with E-state index in [1.54, 1.807) is 0 Å². The van der Waals surface area contributed by atoms with Gasteiger partial charge in [-0.15, -0.1) is 24.8 Å². The summed E-state index contributed by atoms with van der Waals surface area (Å²) in [4.78, 5) is 2.66. The largest absolute Gasteiger partial charge is 0.327 e. The molecule has 17 heavy (non-hydrogen) atoms. The van der Waals surface area contributed by atoms with Crippen LogP contribution < -0.4 is 11.1 Å². The average molecular weight is 284 g/mol. The van der Waals surface area contributed by atoms with Crippen molar-refractivity contribution in [1.29, 1.82) is 0 Å². The smallest absolute Gasteiger partial charge is 0.0335 e. The molecule has 0 aromatic carbocycles. The lowest BCUT2D eigenvalue weighted by Gasteiger charge is -2.50. The van der Waals surface area contributed by atoms with Gasteiger partial charge in [-0.2, -0.15) is 0 Å². The molecule has 0 aromatic heterocycles. The molecule has 1 unspecified atom stereocenters. The van der Waals surface area contributed by atoms with Crippen LogP contribution in [0, 0.1) is 0 Å². The SMILES string of the molecule is CC(N)CN1CCNCC12CCCCC2.Cl.Cl. The lowest BCUT2D eigenvalue weighted by Crippen LogP contribution is -2.63. The summed E-state index contributed by atoms with van der Waals surface area (Å²) in [5, 5.41) is 3.57. The van der Waals surface area contributed by atoms with Gasteiger partial charge in [0.2, 0.25) is 0 Å². The number of hydrogen-bond acceptors (Lipinski definition) is 3. The maximum absolute atomic E-state index is 5.95. The van der Waals surface area contributed by atoms with E-state index in [-0.39, 0.29) is 24.8 Å². The van der Waals surface area contributed by atoms with Crippen LogP contribution in [0.4, 0.5) is 0 Å². The Morgan fingerprint density at radius 2 is 1.88 bits per heavy atom. The molecule has 104 valence electrons. The fourth-order valence-electron chi connectivity index (χ4n) is 3.22. The summed E-state index contributed by atoms with van der Waals surface area (Å²) < 4.78 is 0. The number of piperazine rings is 1. The third-order valence-electron chi connectivity index (χ3n) is 3.98. The van der Waals surface area contributed by atoms with Gasteiger partial charge in [0.1, 0.15) is 0 Å². The summed E-state index contributed by atoms with van der Waals surface area (Å²) >= 11 is 0. The number of nitrogens with one attached hydrogen (secondary N) is 1. The van der Waals surface area contributed by atoms with Gasteiger partial charge < -0.3 is 11.1 Å². The molecule has 2 aliphatic rings. The molecular weight excluding hydrogens is 257 g/mol. The Kier molecular flexibility index (Phi) is 8.01. The van der Waals surface area contributed by atoms with E-state index in [1.807, 2.05) is 0 Å². The van der Waals surface area contributed by atoms with Crippen molar-refractivity contribution in [1.82, 2.24) is 10.2 Å². The Bertz CT molecular complexity index is 198. The third-order valence-corrected chi connectivity index (χ3v) is 3.98. The number of halogens is 2. The van der Waals surface area contributed by atoms with E-state index < -0.39 is 0 Å². The molecule has 3 nitrogen and oxygen atoms in total. The Labute approximate surface area is 118 Å². The molecule has 1 atom stereocenters. The fourth-order valence-corrected chi connectivity index (χ4v) is 3.22. The minimum Gasteiger partial charge on any atom is -0.327 e. The van der Waals surface area contributed by atoms with Gasteiger partial charge in [0.25, 0.3) is 0 Å². The van der Waals surface area contributed by atoms with Crippen molar-refractivity contribution in [3.05, 3.63) is 0 Å². The molecule has 0 aromatic rings. The molecule has 1 spiro atoms. The number of hydrogen-bond donors (Lipinski definition) is 2. The van der Waals surface area contributed by atoms with Crippen LogP contribution in [0.1, 0.15) is 39.0 Å². The van der Waals surface area contributed by atoms with Crippen LogP contribution >= 0.6 is 24.8 Å². The van der Waals surface area contributed by atoms with Gasteiger partial charge in [0.15, 0.2) is 0 Å². The molecule has 0 amide bonds. The summed E-state index contributed by atoms with van der Waals surface area (Å²) in [7, 11) is 0. The molecule has 1 aliphatic carbocycles. The Balaban J connectivity index is 0.00000128. The van der Waals surface area contributed by atoms with Gasteiger partial charge in [-0.05, 0) is 19.8 Å². The number of nitrogens with two attached hydrogens (primary N) is 1. The Morgan fingerprint density at radius 1 is 1.24 bits per heavy atom. The highest BCUT2D eigenvalue weighted by atomic mass is 35.5. The molecule has 1 aliphatic heterocycles. The zero-order valence-corrected chi connectivity index (χ0v) is 12.4. The summed E-state index contributed by atoms with van der Waals surface area (Å²) in [5.74, 6) is 0. The zero-order valence-electron chi connectivity index (χ0n) is 10.8. The minimum absolute atomic E-state index is 0. The second kappa shape index (κ2) is 7.80. The monoisotopic (exact) mass is 283 g/mol. The second-order valence-electron chi connectivity index (χ2n) is 5.39. The van der Waals surface area contributed by atoms with Crippen LogP contribution in [0.5, 0.6) is 0 Å². The van der Waals surface area contributed by atoms with Crippen molar-refractivity contribution >= 4 is 24.8 Å². The normalized spacial score (nSPS) is 25.8. The van der Waals surface area contributed by atoms with E-state index in [0.717, 1.165) is 13.1 Å². The summed E-state index contributed by atoms with van der Waals surface area (Å²) in [6.07, 6.45) is 6.96. The first-order chi connectivity index (χ1) is 7.23. The quantitative estimate of drug-likeness (QED) is 0.812. The van der Waals surface area contributed by atoms with E-state index in [9.17, 15) is 0 Å². The van der Waals surface area contributed by atoms with Gasteiger partial charge in [-0.3, -0.25) is 4.90 Å². The van der Waals surface area contributed by atoms with Gasteiger partial charge >= 0.3 is 0 Å². The van der Waals surface area contributed by atoms with Gasteiger partial charge in [0.05, 0.1) is 0 Å². The van der Waals surface area contributed by atoms with Crippen LogP contribution in [0.15, 0.2) is 0 Å². The second-order valence-corrected chi connectivity index (χ2v) is 5.39. The number of nitrogens with zero attached hydrogens (tertiary/aromatic N) is 1. The molecule has 2 fully saturated rings. The highest BCUT2D eigenvalue weighted by Gasteiger charge is 2.39. The molecule has 1 heterocycles. The van der Waals surface area contributed by atoms with E-state index in [2.05, 4.69) is 17.1 Å². The molecule has 0 radical (unpaired) electrons. The van der Waals surface area contributed by atoms with Crippen molar-refractivity contribution in [2.24, 2.45) is 5.73 Å². The molecule has 0 bridgehead atoms. The topological polar surface area (TPSA) is 41.3 Å². The van der Waals surface area contributed by atoms with Crippen molar-refractivity contribution in [3.63, 3.8) is 0 Å². The Morgan fingerprint density at radius 3 is 2.47 bits per heavy atom. The lowest BCUT2D eigenvalue weighted by atomic mass is 9.79. The number of rotatable bonds is 2. The van der Waals surface area contributed by atoms with Crippen LogP contribution in [0.25, 0.3) is 0 Å². The minimum atomic E-state index is 0. The van der Waals surface area contributed by atoms with Crippen LogP contribution in [0.3, 0.4) is 0 Å². The summed E-state index contributed by atoms with van der Waals surface area (Å²) in [6, 6.07) is 0.307. The zero-order chi connectivity index (χ0) is 10.7. The van der Waals surface area contributed by atoms with E-state index in [1.165, 1.54) is 45.2 Å². The summed E-state index contributed by atoms with van der Waals surface area (Å²) in [5.41, 5.74) is 6.40. The van der Waals surface area contributed by atoms with Crippen molar-refractivity contribution < 1.29 is 0 Å². The molecule has 1 saturated heterocycles. The highest BCUT2D eigenvalue weighted by molar-refractivity contribution is 5.85. The first-order valence-corrected chi connectivity index (χ1v) is 6.44. The van der Waals surface area contributed by atoms with Gasteiger partial charge in [0, 0.05) is 37.8 Å². The average Bonchev–Trinajstić information content (AvgIpc) is 2.23. The van der Waals surface area contributed by atoms with Gasteiger partial charge in [-0.1, -0.05) is 19.3 Å². The molecule has 1 saturated carbocycles. The standard InChI is InChI=1S/C12H25N3.2ClH/c1-11(13)9-15-8-7-14-10-12(15)5-3-2-4-6-12;;/h11,14H,2-10,13H2,1H3;2*1H.